The minimum absolute atomic E-state index is 0. The Morgan fingerprint density at radius 3 is 2.32 bits per heavy atom. The van der Waals surface area contributed by atoms with Crippen molar-refractivity contribution in [3.05, 3.63) is 113 Å². The molecule has 10 heteroatoms. The highest BCUT2D eigenvalue weighted by Crippen LogP contribution is 2.37. The molecule has 1 unspecified atom stereocenters. The topological polar surface area (TPSA) is 40.6 Å². The average molecular weight is 633 g/mol. The van der Waals surface area contributed by atoms with Crippen molar-refractivity contribution in [1.82, 2.24) is 4.98 Å². The lowest BCUT2D eigenvalue weighted by Gasteiger charge is -2.39. The first-order valence-corrected chi connectivity index (χ1v) is 12.8. The standard InChI is InChI=1S/C31H29F4N2O3.BrH/c1-37(18-22-8-11-30(36-17-22)40-27-16-25(31(33,34)35)9-10-26(27)32)13-12-23-14-28(38-2)29(15-24(23)19-37)39-20-21-6-4-3-5-7-21;/h3-11,14-17H,12-13,18-20H2,1-2H3;1H/q+1;/p-1. The molecule has 0 saturated heterocycles. The number of hydrogen-bond acceptors (Lipinski definition) is 4. The number of benzene rings is 3. The molecule has 0 saturated carbocycles. The maximum Gasteiger partial charge on any atom is 0.416 e. The summed E-state index contributed by atoms with van der Waals surface area (Å²) in [5.74, 6) is 0.00217. The molecule has 0 amide bonds. The highest BCUT2D eigenvalue weighted by Gasteiger charge is 2.32. The molecule has 0 aliphatic carbocycles. The lowest BCUT2D eigenvalue weighted by atomic mass is 9.96. The molecule has 1 atom stereocenters. The summed E-state index contributed by atoms with van der Waals surface area (Å²) in [4.78, 5) is 4.22. The summed E-state index contributed by atoms with van der Waals surface area (Å²) in [5, 5.41) is 0. The van der Waals surface area contributed by atoms with Crippen LogP contribution in [-0.2, 0) is 32.3 Å². The van der Waals surface area contributed by atoms with Gasteiger partial charge in [-0.2, -0.15) is 13.2 Å². The lowest BCUT2D eigenvalue weighted by Crippen LogP contribution is -3.00. The van der Waals surface area contributed by atoms with E-state index in [9.17, 15) is 17.6 Å². The predicted octanol–water partition coefficient (Wildman–Crippen LogP) is 4.33. The van der Waals surface area contributed by atoms with E-state index in [1.807, 2.05) is 30.3 Å². The fourth-order valence-corrected chi connectivity index (χ4v) is 4.92. The van der Waals surface area contributed by atoms with Gasteiger partial charge in [0.2, 0.25) is 5.88 Å². The Hall–Kier alpha value is -3.63. The molecular weight excluding hydrogens is 604 g/mol. The highest BCUT2D eigenvalue weighted by molar-refractivity contribution is 5.48. The van der Waals surface area contributed by atoms with Crippen LogP contribution in [-0.4, -0.2) is 30.2 Å². The van der Waals surface area contributed by atoms with Crippen LogP contribution in [0.2, 0.25) is 0 Å². The molecule has 0 bridgehead atoms. The summed E-state index contributed by atoms with van der Waals surface area (Å²) in [6.07, 6.45) is -2.12. The van der Waals surface area contributed by atoms with Crippen LogP contribution in [0.3, 0.4) is 0 Å². The SMILES string of the molecule is COc1cc2c(cc1OCc1ccccc1)C[N+](C)(Cc1ccc(Oc3cc(C(F)(F)F)ccc3F)nc1)CC2.[Br-]. The van der Waals surface area contributed by atoms with E-state index in [0.29, 0.717) is 36.8 Å². The molecule has 2 heterocycles. The number of methoxy groups -OCH3 is 1. The van der Waals surface area contributed by atoms with Crippen molar-refractivity contribution in [2.75, 3.05) is 20.7 Å². The molecule has 41 heavy (non-hydrogen) atoms. The van der Waals surface area contributed by atoms with Gasteiger partial charge in [0, 0.05) is 29.8 Å². The second kappa shape index (κ2) is 12.5. The van der Waals surface area contributed by atoms with Crippen LogP contribution in [0.5, 0.6) is 23.1 Å². The molecule has 216 valence electrons. The fourth-order valence-electron chi connectivity index (χ4n) is 4.92. The molecule has 3 aromatic carbocycles. The Bertz CT molecular complexity index is 1480. The summed E-state index contributed by atoms with van der Waals surface area (Å²) in [6, 6.07) is 19.4. The number of halogens is 5. The number of pyridine rings is 1. The molecular formula is C31H29BrF4N2O3. The number of ether oxygens (including phenoxy) is 3. The Morgan fingerprint density at radius 2 is 1.63 bits per heavy atom. The van der Waals surface area contributed by atoms with E-state index in [4.69, 9.17) is 14.2 Å². The predicted molar refractivity (Wildman–Crippen MR) is 142 cm³/mol. The van der Waals surface area contributed by atoms with E-state index in [2.05, 4.69) is 24.2 Å². The van der Waals surface area contributed by atoms with Gasteiger partial charge in [-0.05, 0) is 47.5 Å². The molecule has 5 rings (SSSR count). The number of quaternary nitrogens is 1. The second-order valence-electron chi connectivity index (χ2n) is 10.2. The summed E-state index contributed by atoms with van der Waals surface area (Å²) in [6.45, 7) is 2.78. The zero-order valence-corrected chi connectivity index (χ0v) is 24.1. The molecule has 0 fully saturated rings. The fraction of sp³-hybridized carbons (Fsp3) is 0.258. The number of rotatable bonds is 8. The third kappa shape index (κ3) is 7.37. The molecule has 1 aromatic heterocycles. The summed E-state index contributed by atoms with van der Waals surface area (Å²) < 4.78 is 70.9. The van der Waals surface area contributed by atoms with E-state index in [0.717, 1.165) is 41.2 Å². The number of aromatic nitrogens is 1. The number of fused-ring (bicyclic) bond motifs is 1. The van der Waals surface area contributed by atoms with Gasteiger partial charge >= 0.3 is 6.18 Å². The van der Waals surface area contributed by atoms with Crippen LogP contribution in [0.25, 0.3) is 0 Å². The number of hydrogen-bond donors (Lipinski definition) is 0. The van der Waals surface area contributed by atoms with Gasteiger partial charge < -0.3 is 35.7 Å². The van der Waals surface area contributed by atoms with Crippen molar-refractivity contribution >= 4 is 0 Å². The van der Waals surface area contributed by atoms with Crippen LogP contribution in [0.4, 0.5) is 17.6 Å². The van der Waals surface area contributed by atoms with Crippen molar-refractivity contribution < 1.29 is 53.2 Å². The van der Waals surface area contributed by atoms with Gasteiger partial charge in [-0.1, -0.05) is 30.3 Å². The zero-order valence-electron chi connectivity index (χ0n) is 22.6. The van der Waals surface area contributed by atoms with Gasteiger partial charge in [0.05, 0.1) is 26.3 Å². The Labute approximate surface area is 246 Å². The van der Waals surface area contributed by atoms with Crippen molar-refractivity contribution in [2.45, 2.75) is 32.3 Å². The molecule has 1 aliphatic rings. The lowest BCUT2D eigenvalue weighted by molar-refractivity contribution is -0.937. The third-order valence-corrected chi connectivity index (χ3v) is 7.03. The average Bonchev–Trinajstić information content (AvgIpc) is 2.93. The highest BCUT2D eigenvalue weighted by atomic mass is 79.9. The Morgan fingerprint density at radius 1 is 0.878 bits per heavy atom. The molecule has 0 N–H and O–H groups in total. The first-order chi connectivity index (χ1) is 19.1. The van der Waals surface area contributed by atoms with E-state index in [-0.39, 0.29) is 22.9 Å². The van der Waals surface area contributed by atoms with E-state index < -0.39 is 23.3 Å². The third-order valence-electron chi connectivity index (χ3n) is 7.03. The van der Waals surface area contributed by atoms with Crippen LogP contribution in [0.15, 0.2) is 79.0 Å². The maximum absolute atomic E-state index is 14.1. The normalized spacial score (nSPS) is 16.3. The summed E-state index contributed by atoms with van der Waals surface area (Å²) in [7, 11) is 3.81. The summed E-state index contributed by atoms with van der Waals surface area (Å²) >= 11 is 0. The van der Waals surface area contributed by atoms with Crippen molar-refractivity contribution in [2.24, 2.45) is 0 Å². The van der Waals surface area contributed by atoms with E-state index in [1.54, 1.807) is 25.4 Å². The van der Waals surface area contributed by atoms with Crippen molar-refractivity contribution in [3.63, 3.8) is 0 Å². The van der Waals surface area contributed by atoms with Gasteiger partial charge in [0.25, 0.3) is 0 Å². The minimum atomic E-state index is -4.60. The maximum atomic E-state index is 14.1. The zero-order chi connectivity index (χ0) is 28.3. The molecule has 0 radical (unpaired) electrons. The van der Waals surface area contributed by atoms with E-state index >= 15 is 0 Å². The first-order valence-electron chi connectivity index (χ1n) is 12.8. The Balaban J connectivity index is 0.00000387. The van der Waals surface area contributed by atoms with Crippen LogP contribution in [0.1, 0.15) is 27.8 Å². The molecule has 5 nitrogen and oxygen atoms in total. The molecule has 0 spiro atoms. The van der Waals surface area contributed by atoms with Gasteiger partial charge in [-0.15, -0.1) is 0 Å². The van der Waals surface area contributed by atoms with Crippen LogP contribution >= 0.6 is 0 Å². The largest absolute Gasteiger partial charge is 1.00 e. The molecule has 4 aromatic rings. The number of likely N-dealkylation sites (N-methyl/N-ethyl adjacent to an activating group) is 1. The van der Waals surface area contributed by atoms with Gasteiger partial charge in [-0.25, -0.2) is 9.37 Å². The molecule has 1 aliphatic heterocycles. The first kappa shape index (κ1) is 30.3. The summed E-state index contributed by atoms with van der Waals surface area (Å²) in [5.41, 5.74) is 3.42. The van der Waals surface area contributed by atoms with Crippen molar-refractivity contribution in [3.8, 4) is 23.1 Å². The smallest absolute Gasteiger partial charge is 0.416 e. The second-order valence-corrected chi connectivity index (χ2v) is 10.2. The van der Waals surface area contributed by atoms with Gasteiger partial charge in [0.1, 0.15) is 19.7 Å². The number of alkyl halides is 3. The number of nitrogens with zero attached hydrogens (tertiary/aromatic N) is 2. The van der Waals surface area contributed by atoms with Gasteiger partial charge in [0.15, 0.2) is 23.1 Å². The van der Waals surface area contributed by atoms with Crippen molar-refractivity contribution in [1.29, 1.82) is 0 Å². The van der Waals surface area contributed by atoms with Gasteiger partial charge in [-0.3, -0.25) is 0 Å². The minimum Gasteiger partial charge on any atom is -1.00 e. The Kier molecular flexibility index (Phi) is 9.24. The van der Waals surface area contributed by atoms with Crippen LogP contribution in [0, 0.1) is 5.82 Å². The van der Waals surface area contributed by atoms with E-state index in [1.165, 1.54) is 11.1 Å². The monoisotopic (exact) mass is 632 g/mol. The van der Waals surface area contributed by atoms with Crippen LogP contribution < -0.4 is 31.2 Å². The quantitative estimate of drug-likeness (QED) is 0.214.